The highest BCUT2D eigenvalue weighted by molar-refractivity contribution is 5.82. The first-order valence-corrected chi connectivity index (χ1v) is 10.9. The number of carbonyl (C=O) groups excluding carboxylic acids is 2. The number of amides is 1. The molecular formula is C23H25F3N4O5. The molecule has 1 heterocycles. The smallest absolute Gasteiger partial charge is 0.416 e. The fourth-order valence-electron chi connectivity index (χ4n) is 3.72. The van der Waals surface area contributed by atoms with Crippen LogP contribution in [0.5, 0.6) is 0 Å². The van der Waals surface area contributed by atoms with E-state index >= 15 is 0 Å². The van der Waals surface area contributed by atoms with Crippen LogP contribution in [0, 0.1) is 10.1 Å². The van der Waals surface area contributed by atoms with Gasteiger partial charge in [-0.1, -0.05) is 30.3 Å². The van der Waals surface area contributed by atoms with Crippen molar-refractivity contribution in [3.63, 3.8) is 0 Å². The van der Waals surface area contributed by atoms with Crippen LogP contribution in [-0.4, -0.2) is 54.0 Å². The summed E-state index contributed by atoms with van der Waals surface area (Å²) in [4.78, 5) is 36.4. The number of ether oxygens (including phenoxy) is 1. The lowest BCUT2D eigenvalue weighted by Gasteiger charge is -2.32. The molecule has 0 bridgehead atoms. The maximum Gasteiger partial charge on any atom is 0.416 e. The van der Waals surface area contributed by atoms with Gasteiger partial charge in [0.05, 0.1) is 10.5 Å². The van der Waals surface area contributed by atoms with Gasteiger partial charge in [0.2, 0.25) is 0 Å². The number of piperidine rings is 1. The predicted octanol–water partition coefficient (Wildman–Crippen LogP) is 3.35. The molecule has 3 rings (SSSR count). The van der Waals surface area contributed by atoms with E-state index in [1.54, 1.807) is 0 Å². The minimum Gasteiger partial charge on any atom is -0.454 e. The van der Waals surface area contributed by atoms with Crippen LogP contribution in [0.3, 0.4) is 0 Å². The van der Waals surface area contributed by atoms with Crippen LogP contribution in [0.25, 0.3) is 0 Å². The molecule has 0 radical (unpaired) electrons. The van der Waals surface area contributed by atoms with Crippen molar-refractivity contribution in [1.82, 2.24) is 10.2 Å². The molecule has 1 amide bonds. The minimum absolute atomic E-state index is 0.0406. The largest absolute Gasteiger partial charge is 0.454 e. The average Bonchev–Trinajstić information content (AvgIpc) is 2.82. The summed E-state index contributed by atoms with van der Waals surface area (Å²) in [5, 5.41) is 16.3. The Morgan fingerprint density at radius 1 is 1.11 bits per heavy atom. The number of alkyl halides is 3. The number of carbonyl (C=O) groups is 2. The van der Waals surface area contributed by atoms with E-state index in [0.29, 0.717) is 12.1 Å². The molecular weight excluding hydrogens is 469 g/mol. The quantitative estimate of drug-likeness (QED) is 0.312. The van der Waals surface area contributed by atoms with Gasteiger partial charge in [-0.15, -0.1) is 0 Å². The first-order valence-electron chi connectivity index (χ1n) is 10.9. The van der Waals surface area contributed by atoms with E-state index in [1.165, 1.54) is 5.56 Å². The minimum atomic E-state index is -4.74. The van der Waals surface area contributed by atoms with E-state index < -0.39 is 47.4 Å². The molecule has 2 aromatic rings. The molecule has 2 aromatic carbocycles. The van der Waals surface area contributed by atoms with E-state index in [2.05, 4.69) is 27.7 Å². The summed E-state index contributed by atoms with van der Waals surface area (Å²) >= 11 is 0. The van der Waals surface area contributed by atoms with Crippen molar-refractivity contribution in [3.8, 4) is 0 Å². The van der Waals surface area contributed by atoms with E-state index in [1.807, 2.05) is 18.2 Å². The molecule has 35 heavy (non-hydrogen) atoms. The predicted molar refractivity (Wildman–Crippen MR) is 120 cm³/mol. The summed E-state index contributed by atoms with van der Waals surface area (Å²) < 4.78 is 43.2. The first-order chi connectivity index (χ1) is 16.6. The molecule has 1 aliphatic rings. The fourth-order valence-corrected chi connectivity index (χ4v) is 3.72. The standard InChI is InChI=1S/C23H25F3N4O5/c24-23(25,26)17-6-7-19(20(12-17)30(33)34)27-13-22(32)35-15-21(31)28-18-8-10-29(11-9-18)14-16-4-2-1-3-5-16/h1-7,12,18,27H,8-11,13-15H2,(H,28,31). The number of nitrogens with one attached hydrogen (secondary N) is 2. The molecule has 1 aliphatic heterocycles. The Kier molecular flexibility index (Phi) is 8.63. The van der Waals surface area contributed by atoms with Gasteiger partial charge in [0.25, 0.3) is 11.6 Å². The zero-order valence-corrected chi connectivity index (χ0v) is 18.7. The van der Waals surface area contributed by atoms with E-state index in [4.69, 9.17) is 4.74 Å². The van der Waals surface area contributed by atoms with Crippen LogP contribution in [-0.2, 0) is 27.0 Å². The van der Waals surface area contributed by atoms with Gasteiger partial charge >= 0.3 is 12.1 Å². The molecule has 188 valence electrons. The molecule has 12 heteroatoms. The van der Waals surface area contributed by atoms with Gasteiger partial charge in [0, 0.05) is 31.7 Å². The summed E-state index contributed by atoms with van der Waals surface area (Å²) in [6.45, 7) is 1.38. The van der Waals surface area contributed by atoms with Crippen molar-refractivity contribution in [2.45, 2.75) is 31.6 Å². The van der Waals surface area contributed by atoms with Gasteiger partial charge in [-0.25, -0.2) is 0 Å². The number of rotatable bonds is 9. The third-order valence-electron chi connectivity index (χ3n) is 5.51. The summed E-state index contributed by atoms with van der Waals surface area (Å²) in [6, 6.07) is 11.9. The lowest BCUT2D eigenvalue weighted by molar-refractivity contribution is -0.384. The fraction of sp³-hybridized carbons (Fsp3) is 0.391. The number of hydrogen-bond acceptors (Lipinski definition) is 7. The summed E-state index contributed by atoms with van der Waals surface area (Å²) in [5.74, 6) is -1.35. The highest BCUT2D eigenvalue weighted by Gasteiger charge is 2.33. The molecule has 0 aliphatic carbocycles. The van der Waals surface area contributed by atoms with Crippen molar-refractivity contribution in [2.75, 3.05) is 31.6 Å². The second-order valence-corrected chi connectivity index (χ2v) is 8.10. The van der Waals surface area contributed by atoms with Crippen molar-refractivity contribution >= 4 is 23.3 Å². The third-order valence-corrected chi connectivity index (χ3v) is 5.51. The molecule has 0 aromatic heterocycles. The van der Waals surface area contributed by atoms with Crippen LogP contribution >= 0.6 is 0 Å². The van der Waals surface area contributed by atoms with Crippen molar-refractivity contribution < 1.29 is 32.4 Å². The molecule has 0 atom stereocenters. The Bertz CT molecular complexity index is 1040. The number of nitrogens with zero attached hydrogens (tertiary/aromatic N) is 2. The Balaban J connectivity index is 1.39. The molecule has 0 unspecified atom stereocenters. The zero-order chi connectivity index (χ0) is 25.4. The molecule has 1 saturated heterocycles. The van der Waals surface area contributed by atoms with Gasteiger partial charge in [0.1, 0.15) is 12.2 Å². The summed E-state index contributed by atoms with van der Waals surface area (Å²) in [6.07, 6.45) is -3.23. The van der Waals surface area contributed by atoms with Crippen molar-refractivity contribution in [3.05, 3.63) is 69.8 Å². The lowest BCUT2D eigenvalue weighted by Crippen LogP contribution is -2.45. The maximum absolute atomic E-state index is 12.8. The number of likely N-dealkylation sites (tertiary alicyclic amines) is 1. The number of nitro groups is 1. The highest BCUT2D eigenvalue weighted by atomic mass is 19.4. The van der Waals surface area contributed by atoms with E-state index in [0.717, 1.165) is 38.5 Å². The SMILES string of the molecule is O=C(COC(=O)CNc1ccc(C(F)(F)F)cc1[N+](=O)[O-])NC1CCN(Cc2ccccc2)CC1. The lowest BCUT2D eigenvalue weighted by atomic mass is 10.0. The number of benzene rings is 2. The Labute approximate surface area is 199 Å². The molecule has 0 spiro atoms. The van der Waals surface area contributed by atoms with Crippen LogP contribution in [0.2, 0.25) is 0 Å². The van der Waals surface area contributed by atoms with Crippen LogP contribution in [0.1, 0.15) is 24.0 Å². The number of anilines is 1. The second-order valence-electron chi connectivity index (χ2n) is 8.10. The number of halogens is 3. The molecule has 0 saturated carbocycles. The highest BCUT2D eigenvalue weighted by Crippen LogP contribution is 2.34. The Morgan fingerprint density at radius 3 is 2.43 bits per heavy atom. The molecule has 2 N–H and O–H groups in total. The topological polar surface area (TPSA) is 114 Å². The summed E-state index contributed by atoms with van der Waals surface area (Å²) in [5.41, 5.74) is -1.06. The van der Waals surface area contributed by atoms with Gasteiger partial charge in [-0.2, -0.15) is 13.2 Å². The van der Waals surface area contributed by atoms with Gasteiger partial charge in [0.15, 0.2) is 6.61 Å². The van der Waals surface area contributed by atoms with E-state index in [-0.39, 0.29) is 11.7 Å². The maximum atomic E-state index is 12.8. The number of hydrogen-bond donors (Lipinski definition) is 2. The third kappa shape index (κ3) is 7.95. The first kappa shape index (κ1) is 25.9. The normalized spacial score (nSPS) is 14.8. The summed E-state index contributed by atoms with van der Waals surface area (Å²) in [7, 11) is 0. The van der Waals surface area contributed by atoms with Gasteiger partial charge < -0.3 is 15.4 Å². The number of nitro benzene ring substituents is 1. The van der Waals surface area contributed by atoms with Gasteiger partial charge in [-0.3, -0.25) is 24.6 Å². The van der Waals surface area contributed by atoms with Crippen LogP contribution < -0.4 is 10.6 Å². The van der Waals surface area contributed by atoms with Crippen molar-refractivity contribution in [1.29, 1.82) is 0 Å². The average molecular weight is 494 g/mol. The number of esters is 1. The zero-order valence-electron chi connectivity index (χ0n) is 18.7. The monoisotopic (exact) mass is 494 g/mol. The van der Waals surface area contributed by atoms with Crippen LogP contribution in [0.4, 0.5) is 24.5 Å². The Hall–Kier alpha value is -3.67. The molecule has 9 nitrogen and oxygen atoms in total. The molecule has 1 fully saturated rings. The van der Waals surface area contributed by atoms with Crippen LogP contribution in [0.15, 0.2) is 48.5 Å². The second kappa shape index (κ2) is 11.6. The van der Waals surface area contributed by atoms with Gasteiger partial charge in [-0.05, 0) is 30.5 Å². The van der Waals surface area contributed by atoms with E-state index in [9.17, 15) is 32.9 Å². The Morgan fingerprint density at radius 2 is 1.80 bits per heavy atom. The van der Waals surface area contributed by atoms with Crippen molar-refractivity contribution in [2.24, 2.45) is 0 Å².